The summed E-state index contributed by atoms with van der Waals surface area (Å²) in [4.78, 5) is 22.4. The first-order valence-electron chi connectivity index (χ1n) is 5.24. The Morgan fingerprint density at radius 3 is 2.00 bits per heavy atom. The van der Waals surface area contributed by atoms with Gasteiger partial charge in [-0.05, 0) is 20.8 Å². The van der Waals surface area contributed by atoms with E-state index in [4.69, 9.17) is 10.2 Å². The molecule has 0 heterocycles. The summed E-state index contributed by atoms with van der Waals surface area (Å²) >= 11 is 0. The maximum atomic E-state index is 11.6. The highest BCUT2D eigenvalue weighted by atomic mass is 16.4. The first-order chi connectivity index (χ1) is 7.99. The molecule has 0 saturated carbocycles. The van der Waals surface area contributed by atoms with Crippen molar-refractivity contribution in [1.82, 2.24) is 5.32 Å². The third kappa shape index (κ3) is 3.39. The van der Waals surface area contributed by atoms with Gasteiger partial charge in [-0.25, -0.2) is 4.79 Å². The molecule has 106 valence electrons. The molecule has 0 bridgehead atoms. The Hall–Kier alpha value is -1.22. The Kier molecular flexibility index (Phi) is 5.23. The fourth-order valence-corrected chi connectivity index (χ4v) is 0.995. The Bertz CT molecular complexity index is 328. The molecular formula is C10H19NO7. The Morgan fingerprint density at radius 2 is 1.72 bits per heavy atom. The van der Waals surface area contributed by atoms with Gasteiger partial charge in [0.25, 0.3) is 5.91 Å². The molecule has 0 radical (unpaired) electrons. The second-order valence-electron chi connectivity index (χ2n) is 4.59. The summed E-state index contributed by atoms with van der Waals surface area (Å²) in [7, 11) is 0. The number of aliphatic hydroxyl groups excluding tert-OH is 3. The second kappa shape index (κ2) is 5.61. The van der Waals surface area contributed by atoms with Crippen molar-refractivity contribution in [3.8, 4) is 0 Å². The van der Waals surface area contributed by atoms with E-state index in [0.717, 1.165) is 13.8 Å². The van der Waals surface area contributed by atoms with Crippen molar-refractivity contribution in [2.45, 2.75) is 44.1 Å². The molecule has 0 aliphatic heterocycles. The fraction of sp³-hybridized carbons (Fsp3) is 0.800. The minimum absolute atomic E-state index is 0.891. The van der Waals surface area contributed by atoms with Crippen LogP contribution >= 0.6 is 0 Å². The number of carbonyl (C=O) groups excluding carboxylic acids is 1. The topological polar surface area (TPSA) is 147 Å². The number of aliphatic carboxylic acids is 1. The van der Waals surface area contributed by atoms with Crippen LogP contribution in [0.15, 0.2) is 0 Å². The van der Waals surface area contributed by atoms with E-state index < -0.39 is 41.8 Å². The average Bonchev–Trinajstić information content (AvgIpc) is 2.26. The molecule has 18 heavy (non-hydrogen) atoms. The number of carbonyl (C=O) groups is 2. The zero-order chi connectivity index (χ0) is 14.7. The average molecular weight is 265 g/mol. The number of hydrogen-bond acceptors (Lipinski definition) is 6. The molecule has 0 fully saturated rings. The van der Waals surface area contributed by atoms with E-state index in [9.17, 15) is 24.9 Å². The lowest BCUT2D eigenvalue weighted by atomic mass is 9.92. The van der Waals surface area contributed by atoms with E-state index in [-0.39, 0.29) is 0 Å². The minimum atomic E-state index is -2.14. The molecular weight excluding hydrogens is 246 g/mol. The monoisotopic (exact) mass is 265 g/mol. The number of carboxylic acid groups (broad SMARTS) is 1. The van der Waals surface area contributed by atoms with Crippen molar-refractivity contribution >= 4 is 11.9 Å². The van der Waals surface area contributed by atoms with Crippen molar-refractivity contribution < 1.29 is 35.1 Å². The highest BCUT2D eigenvalue weighted by Gasteiger charge is 2.43. The normalized spacial score (nSPS) is 21.3. The van der Waals surface area contributed by atoms with Crippen molar-refractivity contribution in [2.75, 3.05) is 6.61 Å². The minimum Gasteiger partial charge on any atom is -0.479 e. The number of amides is 1. The molecule has 8 heteroatoms. The van der Waals surface area contributed by atoms with Crippen LogP contribution in [0.25, 0.3) is 0 Å². The summed E-state index contributed by atoms with van der Waals surface area (Å²) in [5.41, 5.74) is -4.12. The van der Waals surface area contributed by atoms with Crippen LogP contribution in [0.2, 0.25) is 0 Å². The molecule has 1 amide bonds. The third-order valence-corrected chi connectivity index (χ3v) is 2.84. The highest BCUT2D eigenvalue weighted by Crippen LogP contribution is 2.16. The van der Waals surface area contributed by atoms with Gasteiger partial charge in [-0.3, -0.25) is 4.79 Å². The van der Waals surface area contributed by atoms with E-state index in [2.05, 4.69) is 0 Å². The van der Waals surface area contributed by atoms with Crippen LogP contribution < -0.4 is 5.32 Å². The predicted molar refractivity (Wildman–Crippen MR) is 59.6 cm³/mol. The lowest BCUT2D eigenvalue weighted by molar-refractivity contribution is -0.164. The Labute approximate surface area is 104 Å². The molecule has 0 aliphatic carbocycles. The van der Waals surface area contributed by atoms with Gasteiger partial charge in [-0.15, -0.1) is 0 Å². The van der Waals surface area contributed by atoms with Gasteiger partial charge in [-0.2, -0.15) is 0 Å². The van der Waals surface area contributed by atoms with Crippen molar-refractivity contribution in [2.24, 2.45) is 0 Å². The highest BCUT2D eigenvalue weighted by molar-refractivity contribution is 5.89. The zero-order valence-electron chi connectivity index (χ0n) is 10.4. The van der Waals surface area contributed by atoms with Crippen LogP contribution in [0, 0.1) is 0 Å². The quantitative estimate of drug-likeness (QED) is 0.309. The van der Waals surface area contributed by atoms with E-state index >= 15 is 0 Å². The maximum Gasteiger partial charge on any atom is 0.331 e. The number of aliphatic hydroxyl groups is 4. The van der Waals surface area contributed by atoms with Gasteiger partial charge in [0.05, 0.1) is 12.7 Å². The van der Waals surface area contributed by atoms with Crippen molar-refractivity contribution in [3.63, 3.8) is 0 Å². The van der Waals surface area contributed by atoms with Gasteiger partial charge >= 0.3 is 5.97 Å². The van der Waals surface area contributed by atoms with Gasteiger partial charge in [0.15, 0.2) is 11.6 Å². The molecule has 6 N–H and O–H groups in total. The van der Waals surface area contributed by atoms with E-state index in [1.54, 1.807) is 0 Å². The van der Waals surface area contributed by atoms with Gasteiger partial charge in [0.2, 0.25) is 0 Å². The molecule has 0 aromatic carbocycles. The second-order valence-corrected chi connectivity index (χ2v) is 4.59. The Balaban J connectivity index is 4.94. The molecule has 0 saturated heterocycles. The summed E-state index contributed by atoms with van der Waals surface area (Å²) in [6.07, 6.45) is -3.45. The maximum absolute atomic E-state index is 11.6. The van der Waals surface area contributed by atoms with Crippen LogP contribution in [0.5, 0.6) is 0 Å². The fourth-order valence-electron chi connectivity index (χ4n) is 0.995. The molecule has 8 nitrogen and oxygen atoms in total. The lowest BCUT2D eigenvalue weighted by Crippen LogP contribution is -2.62. The van der Waals surface area contributed by atoms with E-state index in [0.29, 0.717) is 0 Å². The molecule has 0 aromatic rings. The number of hydrogen-bond donors (Lipinski definition) is 6. The van der Waals surface area contributed by atoms with Gasteiger partial charge in [-0.1, -0.05) is 0 Å². The lowest BCUT2D eigenvalue weighted by Gasteiger charge is -2.33. The first kappa shape index (κ1) is 16.8. The van der Waals surface area contributed by atoms with Crippen LogP contribution in [0.4, 0.5) is 0 Å². The van der Waals surface area contributed by atoms with Crippen LogP contribution in [-0.4, -0.2) is 67.4 Å². The molecule has 0 rings (SSSR count). The first-order valence-corrected chi connectivity index (χ1v) is 5.24. The number of nitrogens with one attached hydrogen (secondary N) is 1. The molecule has 4 atom stereocenters. The summed E-state index contributed by atoms with van der Waals surface area (Å²) in [5, 5.41) is 48.0. The summed E-state index contributed by atoms with van der Waals surface area (Å²) in [5.74, 6) is -2.71. The van der Waals surface area contributed by atoms with Crippen molar-refractivity contribution in [1.29, 1.82) is 0 Å². The SMILES string of the molecule is C[C@@H](O)[C@@](C)(O)[C@@H](O)C(=O)N[C@](C)(CO)C(=O)O. The number of rotatable bonds is 6. The molecule has 0 spiro atoms. The van der Waals surface area contributed by atoms with Gasteiger partial charge < -0.3 is 30.8 Å². The standard InChI is InChI=1S/C10H19NO7/c1-5(13)10(3,18)6(14)7(15)11-9(2,4-12)8(16)17/h5-6,12-14,18H,4H2,1-3H3,(H,11,15)(H,16,17)/t5-,6+,9-,10-/m1/s1. The third-order valence-electron chi connectivity index (χ3n) is 2.84. The van der Waals surface area contributed by atoms with E-state index in [1.165, 1.54) is 6.92 Å². The Morgan fingerprint density at radius 1 is 1.28 bits per heavy atom. The smallest absolute Gasteiger partial charge is 0.331 e. The summed E-state index contributed by atoms with van der Waals surface area (Å²) in [6, 6.07) is 0. The van der Waals surface area contributed by atoms with Crippen molar-refractivity contribution in [3.05, 3.63) is 0 Å². The summed E-state index contributed by atoms with van der Waals surface area (Å²) < 4.78 is 0. The number of carboxylic acids is 1. The molecule has 0 unspecified atom stereocenters. The summed E-state index contributed by atoms with van der Waals surface area (Å²) in [6.45, 7) is 2.34. The van der Waals surface area contributed by atoms with Gasteiger partial charge in [0, 0.05) is 0 Å². The predicted octanol–water partition coefficient (Wildman–Crippen LogP) is -2.57. The largest absolute Gasteiger partial charge is 0.479 e. The zero-order valence-corrected chi connectivity index (χ0v) is 10.4. The van der Waals surface area contributed by atoms with Crippen LogP contribution in [0.3, 0.4) is 0 Å². The van der Waals surface area contributed by atoms with Crippen LogP contribution in [-0.2, 0) is 9.59 Å². The van der Waals surface area contributed by atoms with Gasteiger partial charge in [0.1, 0.15) is 5.60 Å². The van der Waals surface area contributed by atoms with E-state index in [1.807, 2.05) is 5.32 Å². The van der Waals surface area contributed by atoms with Crippen LogP contribution in [0.1, 0.15) is 20.8 Å². The molecule has 0 aromatic heterocycles. The molecule has 0 aliphatic rings.